The first-order chi connectivity index (χ1) is 8.93. The lowest BCUT2D eigenvalue weighted by atomic mass is 9.89. The Kier molecular flexibility index (Phi) is 3.97. The molecule has 2 rings (SSSR count). The Hall–Kier alpha value is -1.32. The van der Waals surface area contributed by atoms with Crippen LogP contribution in [0.4, 0.5) is 0 Å². The van der Waals surface area contributed by atoms with Crippen LogP contribution in [0.15, 0.2) is 11.6 Å². The van der Waals surface area contributed by atoms with Gasteiger partial charge in [-0.1, -0.05) is 13.0 Å². The summed E-state index contributed by atoms with van der Waals surface area (Å²) in [4.78, 5) is 23.0. The monoisotopic (exact) mass is 266 g/mol. The minimum Gasteiger partial charge on any atom is -0.455 e. The minimum absolute atomic E-state index is 0.215. The van der Waals surface area contributed by atoms with Gasteiger partial charge in [0.25, 0.3) is 0 Å². The topological polar surface area (TPSA) is 52.6 Å². The summed E-state index contributed by atoms with van der Waals surface area (Å²) < 4.78 is 10.6. The molecule has 2 aliphatic carbocycles. The van der Waals surface area contributed by atoms with Crippen LogP contribution in [-0.4, -0.2) is 23.6 Å². The Bertz CT molecular complexity index is 406. The van der Waals surface area contributed by atoms with E-state index in [4.69, 9.17) is 9.47 Å². The summed E-state index contributed by atoms with van der Waals surface area (Å²) in [5, 5.41) is 0. The van der Waals surface area contributed by atoms with Crippen molar-refractivity contribution in [3.63, 3.8) is 0 Å². The highest BCUT2D eigenvalue weighted by molar-refractivity contribution is 5.86. The van der Waals surface area contributed by atoms with Gasteiger partial charge in [0.2, 0.25) is 5.60 Å². The van der Waals surface area contributed by atoms with Gasteiger partial charge in [-0.15, -0.1) is 0 Å². The van der Waals surface area contributed by atoms with E-state index < -0.39 is 17.5 Å². The van der Waals surface area contributed by atoms with E-state index in [0.29, 0.717) is 18.8 Å². The summed E-state index contributed by atoms with van der Waals surface area (Å²) in [5.74, 6) is -0.106. The van der Waals surface area contributed by atoms with E-state index in [1.807, 2.05) is 6.92 Å². The van der Waals surface area contributed by atoms with Crippen molar-refractivity contribution < 1.29 is 19.1 Å². The molecule has 4 heteroatoms. The fraction of sp³-hybridized carbons (Fsp3) is 0.733. The second-order valence-corrected chi connectivity index (χ2v) is 5.79. The van der Waals surface area contributed by atoms with Crippen LogP contribution in [0.3, 0.4) is 0 Å². The molecular formula is C15H22O4. The molecule has 0 radical (unpaired) electrons. The molecule has 0 aromatic rings. The first-order valence-electron chi connectivity index (χ1n) is 7.02. The predicted molar refractivity (Wildman–Crippen MR) is 70.4 cm³/mol. The number of rotatable bonds is 4. The van der Waals surface area contributed by atoms with Crippen LogP contribution >= 0.6 is 0 Å². The molecule has 0 heterocycles. The minimum atomic E-state index is -0.984. The van der Waals surface area contributed by atoms with Gasteiger partial charge >= 0.3 is 11.9 Å². The lowest BCUT2D eigenvalue weighted by molar-refractivity contribution is -0.172. The maximum Gasteiger partial charge on any atom is 0.351 e. The second-order valence-electron chi connectivity index (χ2n) is 5.79. The van der Waals surface area contributed by atoms with Gasteiger partial charge in [-0.2, -0.15) is 0 Å². The Morgan fingerprint density at radius 2 is 2.11 bits per heavy atom. The molecule has 0 aliphatic heterocycles. The Morgan fingerprint density at radius 3 is 2.58 bits per heavy atom. The third-order valence-corrected chi connectivity index (χ3v) is 3.93. The lowest BCUT2D eigenvalue weighted by Gasteiger charge is -2.24. The van der Waals surface area contributed by atoms with Crippen molar-refractivity contribution in [3.05, 3.63) is 11.6 Å². The lowest BCUT2D eigenvalue weighted by Crippen LogP contribution is -2.33. The molecule has 1 saturated carbocycles. The predicted octanol–water partition coefficient (Wildman–Crippen LogP) is 2.76. The molecule has 0 spiro atoms. The van der Waals surface area contributed by atoms with Crippen molar-refractivity contribution in [3.8, 4) is 0 Å². The van der Waals surface area contributed by atoms with Crippen molar-refractivity contribution in [2.45, 2.75) is 64.6 Å². The number of allylic oxidation sites excluding steroid dienone is 1. The maximum atomic E-state index is 12.1. The van der Waals surface area contributed by atoms with Gasteiger partial charge in [-0.3, -0.25) is 4.79 Å². The number of hydrogen-bond donors (Lipinski definition) is 0. The van der Waals surface area contributed by atoms with E-state index in [1.165, 1.54) is 12.5 Å². The first-order valence-corrected chi connectivity index (χ1v) is 7.02. The highest BCUT2D eigenvalue weighted by atomic mass is 16.6. The third-order valence-electron chi connectivity index (χ3n) is 3.93. The second kappa shape index (κ2) is 5.35. The van der Waals surface area contributed by atoms with Crippen LogP contribution in [0.25, 0.3) is 0 Å². The van der Waals surface area contributed by atoms with Crippen molar-refractivity contribution in [1.82, 2.24) is 0 Å². The molecule has 1 unspecified atom stereocenters. The average molecular weight is 266 g/mol. The van der Waals surface area contributed by atoms with E-state index in [0.717, 1.165) is 19.3 Å². The summed E-state index contributed by atoms with van der Waals surface area (Å²) in [6.45, 7) is 5.44. The molecule has 2 aliphatic rings. The fourth-order valence-electron chi connectivity index (χ4n) is 2.43. The van der Waals surface area contributed by atoms with Crippen LogP contribution in [0.1, 0.15) is 52.9 Å². The standard InChI is InChI=1S/C15H22O4/c1-10-4-6-13(7-5-10)11(2)18-14(17)15(8-9-15)19-12(3)16/h6,10-11H,4-5,7-9H2,1-3H3/t10-,11?/m0/s1. The zero-order valence-electron chi connectivity index (χ0n) is 11.9. The van der Waals surface area contributed by atoms with Gasteiger partial charge in [-0.05, 0) is 37.7 Å². The molecule has 0 aromatic carbocycles. The zero-order chi connectivity index (χ0) is 14.0. The van der Waals surface area contributed by atoms with E-state index in [-0.39, 0.29) is 6.10 Å². The molecule has 2 atom stereocenters. The van der Waals surface area contributed by atoms with Crippen molar-refractivity contribution in [2.75, 3.05) is 0 Å². The van der Waals surface area contributed by atoms with Crippen LogP contribution in [0.2, 0.25) is 0 Å². The molecule has 0 saturated heterocycles. The van der Waals surface area contributed by atoms with Gasteiger partial charge in [0, 0.05) is 19.8 Å². The first kappa shape index (κ1) is 14.1. The zero-order valence-corrected chi connectivity index (χ0v) is 11.9. The van der Waals surface area contributed by atoms with Crippen LogP contribution in [0.5, 0.6) is 0 Å². The van der Waals surface area contributed by atoms with E-state index >= 15 is 0 Å². The Balaban J connectivity index is 1.90. The number of carbonyl (C=O) groups is 2. The molecular weight excluding hydrogens is 244 g/mol. The van der Waals surface area contributed by atoms with E-state index in [1.54, 1.807) is 0 Å². The molecule has 0 bridgehead atoms. The maximum absolute atomic E-state index is 12.1. The fourth-order valence-corrected chi connectivity index (χ4v) is 2.43. The summed E-state index contributed by atoms with van der Waals surface area (Å²) in [6.07, 6.45) is 6.29. The quantitative estimate of drug-likeness (QED) is 0.580. The normalized spacial score (nSPS) is 26.1. The van der Waals surface area contributed by atoms with Gasteiger partial charge in [-0.25, -0.2) is 4.79 Å². The van der Waals surface area contributed by atoms with Gasteiger partial charge in [0.15, 0.2) is 0 Å². The number of esters is 2. The van der Waals surface area contributed by atoms with Crippen molar-refractivity contribution in [1.29, 1.82) is 0 Å². The molecule has 0 N–H and O–H groups in total. The summed E-state index contributed by atoms with van der Waals surface area (Å²) in [6, 6.07) is 0. The molecule has 0 aromatic heterocycles. The van der Waals surface area contributed by atoms with E-state index in [2.05, 4.69) is 13.0 Å². The van der Waals surface area contributed by atoms with Crippen LogP contribution < -0.4 is 0 Å². The number of carbonyl (C=O) groups excluding carboxylic acids is 2. The smallest absolute Gasteiger partial charge is 0.351 e. The molecule has 0 amide bonds. The van der Waals surface area contributed by atoms with Crippen molar-refractivity contribution >= 4 is 11.9 Å². The largest absolute Gasteiger partial charge is 0.455 e. The van der Waals surface area contributed by atoms with Crippen LogP contribution in [-0.2, 0) is 19.1 Å². The Labute approximate surface area is 114 Å². The highest BCUT2D eigenvalue weighted by Gasteiger charge is 2.55. The van der Waals surface area contributed by atoms with E-state index in [9.17, 15) is 9.59 Å². The van der Waals surface area contributed by atoms with Crippen molar-refractivity contribution in [2.24, 2.45) is 5.92 Å². The SMILES string of the molecule is CC(=O)OC1(C(=O)OC(C)C2=CC[C@H](C)CC2)CC1. The highest BCUT2D eigenvalue weighted by Crippen LogP contribution is 2.41. The van der Waals surface area contributed by atoms with Gasteiger partial charge < -0.3 is 9.47 Å². The molecule has 106 valence electrons. The third kappa shape index (κ3) is 3.37. The summed E-state index contributed by atoms with van der Waals surface area (Å²) in [5.41, 5.74) is 0.202. The average Bonchev–Trinajstić information content (AvgIpc) is 3.09. The van der Waals surface area contributed by atoms with Gasteiger partial charge in [0.05, 0.1) is 0 Å². The number of ether oxygens (including phenoxy) is 2. The molecule has 1 fully saturated rings. The molecule has 4 nitrogen and oxygen atoms in total. The number of hydrogen-bond acceptors (Lipinski definition) is 4. The summed E-state index contributed by atoms with van der Waals surface area (Å²) >= 11 is 0. The Morgan fingerprint density at radius 1 is 1.42 bits per heavy atom. The molecule has 19 heavy (non-hydrogen) atoms. The van der Waals surface area contributed by atoms with Gasteiger partial charge in [0.1, 0.15) is 6.10 Å². The van der Waals surface area contributed by atoms with Crippen LogP contribution in [0, 0.1) is 5.92 Å². The summed E-state index contributed by atoms with van der Waals surface area (Å²) in [7, 11) is 0.